The van der Waals surface area contributed by atoms with E-state index in [1.54, 1.807) is 36.7 Å². The van der Waals surface area contributed by atoms with Gasteiger partial charge in [0.05, 0.1) is 11.2 Å². The molecule has 4 aromatic rings. The van der Waals surface area contributed by atoms with Crippen molar-refractivity contribution in [3.8, 4) is 11.3 Å². The number of nitrogens with zero attached hydrogens (tertiary/aromatic N) is 2. The fraction of sp³-hybridized carbons (Fsp3) is 0.0476. The molecule has 0 spiro atoms. The summed E-state index contributed by atoms with van der Waals surface area (Å²) in [5, 5.41) is 3.72. The van der Waals surface area contributed by atoms with E-state index in [9.17, 15) is 4.39 Å². The molecule has 136 valence electrons. The normalized spacial score (nSPS) is 10.5. The highest BCUT2D eigenvalue weighted by molar-refractivity contribution is 5.96. The standard InChI is InChI=1S/C21H15F2N3.H3N/c1-13-6-7-16-18(12-13)26-20(15-4-2-3-5-17(15)22)19(23)21(16)25-14-8-10-24-11-9-14;/h2-12H,1H3,(H,24,25,26);1H3. The number of pyridine rings is 2. The van der Waals surface area contributed by atoms with Gasteiger partial charge in [-0.2, -0.15) is 0 Å². The molecule has 2 aromatic carbocycles. The van der Waals surface area contributed by atoms with Crippen LogP contribution in [-0.2, 0) is 0 Å². The van der Waals surface area contributed by atoms with E-state index in [4.69, 9.17) is 0 Å². The van der Waals surface area contributed by atoms with E-state index < -0.39 is 11.6 Å². The van der Waals surface area contributed by atoms with Gasteiger partial charge in [0.1, 0.15) is 11.5 Å². The van der Waals surface area contributed by atoms with Gasteiger partial charge in [-0.15, -0.1) is 0 Å². The molecule has 4 N–H and O–H groups in total. The van der Waals surface area contributed by atoms with E-state index in [2.05, 4.69) is 15.3 Å². The first kappa shape index (κ1) is 18.4. The molecule has 0 saturated carbocycles. The van der Waals surface area contributed by atoms with Crippen LogP contribution in [-0.4, -0.2) is 9.97 Å². The lowest BCUT2D eigenvalue weighted by Crippen LogP contribution is -2.01. The van der Waals surface area contributed by atoms with Gasteiger partial charge in [-0.25, -0.2) is 13.8 Å². The Labute approximate surface area is 155 Å². The summed E-state index contributed by atoms with van der Waals surface area (Å²) >= 11 is 0. The van der Waals surface area contributed by atoms with Gasteiger partial charge in [0.15, 0.2) is 5.82 Å². The van der Waals surface area contributed by atoms with Crippen molar-refractivity contribution in [2.75, 3.05) is 5.32 Å². The predicted molar refractivity (Wildman–Crippen MR) is 104 cm³/mol. The van der Waals surface area contributed by atoms with Crippen molar-refractivity contribution < 1.29 is 8.78 Å². The molecule has 4 nitrogen and oxygen atoms in total. The van der Waals surface area contributed by atoms with Crippen molar-refractivity contribution in [2.24, 2.45) is 0 Å². The van der Waals surface area contributed by atoms with Gasteiger partial charge in [0.2, 0.25) is 0 Å². The van der Waals surface area contributed by atoms with Gasteiger partial charge in [0, 0.05) is 29.0 Å². The summed E-state index contributed by atoms with van der Waals surface area (Å²) in [5.74, 6) is -1.11. The SMILES string of the molecule is Cc1ccc2c(Nc3ccncc3)c(F)c(-c3ccccc3F)nc2c1.N. The molecule has 27 heavy (non-hydrogen) atoms. The van der Waals surface area contributed by atoms with Crippen LogP contribution in [0.1, 0.15) is 5.56 Å². The zero-order chi connectivity index (χ0) is 18.1. The summed E-state index contributed by atoms with van der Waals surface area (Å²) in [7, 11) is 0. The van der Waals surface area contributed by atoms with Crippen molar-refractivity contribution in [1.82, 2.24) is 16.1 Å². The molecular formula is C21H18F2N4. The molecular weight excluding hydrogens is 346 g/mol. The molecule has 2 heterocycles. The third-order valence-corrected chi connectivity index (χ3v) is 4.16. The number of aryl methyl sites for hydroxylation is 1. The second-order valence-corrected chi connectivity index (χ2v) is 6.01. The second-order valence-electron chi connectivity index (χ2n) is 6.01. The fourth-order valence-corrected chi connectivity index (χ4v) is 2.89. The quantitative estimate of drug-likeness (QED) is 0.483. The van der Waals surface area contributed by atoms with Crippen molar-refractivity contribution in [2.45, 2.75) is 6.92 Å². The highest BCUT2D eigenvalue weighted by atomic mass is 19.1. The zero-order valence-corrected chi connectivity index (χ0v) is 14.7. The number of fused-ring (bicyclic) bond motifs is 1. The Morgan fingerprint density at radius 1 is 0.926 bits per heavy atom. The Kier molecular flexibility index (Phi) is 5.09. The van der Waals surface area contributed by atoms with Gasteiger partial charge in [-0.05, 0) is 42.8 Å². The first-order valence-electron chi connectivity index (χ1n) is 8.15. The number of anilines is 2. The Morgan fingerprint density at radius 2 is 1.67 bits per heavy atom. The van der Waals surface area contributed by atoms with E-state index in [0.717, 1.165) is 5.56 Å². The topological polar surface area (TPSA) is 72.8 Å². The van der Waals surface area contributed by atoms with Crippen molar-refractivity contribution >= 4 is 22.3 Å². The minimum absolute atomic E-state index is 0. The van der Waals surface area contributed by atoms with Crippen LogP contribution >= 0.6 is 0 Å². The maximum absolute atomic E-state index is 15.3. The van der Waals surface area contributed by atoms with E-state index in [0.29, 0.717) is 16.6 Å². The molecule has 0 saturated heterocycles. The summed E-state index contributed by atoms with van der Waals surface area (Å²) in [6.45, 7) is 1.93. The highest BCUT2D eigenvalue weighted by Crippen LogP contribution is 2.35. The highest BCUT2D eigenvalue weighted by Gasteiger charge is 2.19. The lowest BCUT2D eigenvalue weighted by molar-refractivity contribution is 0.615. The number of hydrogen-bond acceptors (Lipinski definition) is 4. The largest absolute Gasteiger partial charge is 0.352 e. The molecule has 4 rings (SSSR count). The average molecular weight is 364 g/mol. The minimum atomic E-state index is -0.594. The molecule has 0 aliphatic carbocycles. The third kappa shape index (κ3) is 3.47. The van der Waals surface area contributed by atoms with E-state index >= 15 is 4.39 Å². The lowest BCUT2D eigenvalue weighted by atomic mass is 10.0. The molecule has 0 radical (unpaired) electrons. The summed E-state index contributed by atoms with van der Waals surface area (Å²) in [5.41, 5.74) is 2.65. The smallest absolute Gasteiger partial charge is 0.173 e. The van der Waals surface area contributed by atoms with Crippen LogP contribution in [0.15, 0.2) is 67.0 Å². The Morgan fingerprint density at radius 3 is 2.41 bits per heavy atom. The Hall–Kier alpha value is -3.38. The molecule has 6 heteroatoms. The van der Waals surface area contributed by atoms with Crippen LogP contribution in [0.4, 0.5) is 20.2 Å². The van der Waals surface area contributed by atoms with Crippen LogP contribution in [0.25, 0.3) is 22.2 Å². The third-order valence-electron chi connectivity index (χ3n) is 4.16. The van der Waals surface area contributed by atoms with Gasteiger partial charge in [-0.3, -0.25) is 4.98 Å². The molecule has 0 amide bonds. The van der Waals surface area contributed by atoms with Gasteiger partial charge < -0.3 is 11.5 Å². The summed E-state index contributed by atoms with van der Waals surface area (Å²) < 4.78 is 29.6. The number of rotatable bonds is 3. The maximum atomic E-state index is 15.3. The molecule has 0 unspecified atom stereocenters. The lowest BCUT2D eigenvalue weighted by Gasteiger charge is -2.15. The first-order chi connectivity index (χ1) is 12.6. The molecule has 2 aromatic heterocycles. The predicted octanol–water partition coefficient (Wildman–Crippen LogP) is 5.79. The molecule has 0 atom stereocenters. The van der Waals surface area contributed by atoms with Crippen LogP contribution in [0.5, 0.6) is 0 Å². The van der Waals surface area contributed by atoms with E-state index in [1.165, 1.54) is 12.1 Å². The molecule has 0 aliphatic rings. The van der Waals surface area contributed by atoms with Gasteiger partial charge in [-0.1, -0.05) is 24.3 Å². The first-order valence-corrected chi connectivity index (χ1v) is 8.15. The number of nitrogens with one attached hydrogen (secondary N) is 1. The molecule has 0 bridgehead atoms. The molecule has 0 aliphatic heterocycles. The second kappa shape index (κ2) is 7.47. The maximum Gasteiger partial charge on any atom is 0.173 e. The van der Waals surface area contributed by atoms with E-state index in [1.807, 2.05) is 25.1 Å². The van der Waals surface area contributed by atoms with Gasteiger partial charge in [0.25, 0.3) is 0 Å². The Bertz CT molecular complexity index is 1100. The zero-order valence-electron chi connectivity index (χ0n) is 14.7. The monoisotopic (exact) mass is 364 g/mol. The van der Waals surface area contributed by atoms with Crippen molar-refractivity contribution in [3.05, 3.63) is 84.2 Å². The van der Waals surface area contributed by atoms with E-state index in [-0.39, 0.29) is 23.1 Å². The van der Waals surface area contributed by atoms with Crippen molar-refractivity contribution in [1.29, 1.82) is 0 Å². The van der Waals surface area contributed by atoms with Crippen LogP contribution in [0.2, 0.25) is 0 Å². The van der Waals surface area contributed by atoms with Crippen molar-refractivity contribution in [3.63, 3.8) is 0 Å². The van der Waals surface area contributed by atoms with Crippen LogP contribution < -0.4 is 11.5 Å². The van der Waals surface area contributed by atoms with Crippen LogP contribution in [0.3, 0.4) is 0 Å². The van der Waals surface area contributed by atoms with Crippen LogP contribution in [0, 0.1) is 18.6 Å². The summed E-state index contributed by atoms with van der Waals surface area (Å²) in [6.07, 6.45) is 3.23. The summed E-state index contributed by atoms with van der Waals surface area (Å²) in [4.78, 5) is 8.37. The molecule has 0 fully saturated rings. The average Bonchev–Trinajstić information content (AvgIpc) is 2.65. The number of halogens is 2. The Balaban J connectivity index is 0.00000210. The minimum Gasteiger partial charge on any atom is -0.352 e. The summed E-state index contributed by atoms with van der Waals surface area (Å²) in [6, 6.07) is 15.1. The number of aromatic nitrogens is 2. The van der Waals surface area contributed by atoms with Gasteiger partial charge >= 0.3 is 0 Å². The fourth-order valence-electron chi connectivity index (χ4n) is 2.89. The number of benzene rings is 2. The number of hydrogen-bond donors (Lipinski definition) is 2.